The molecule has 9 heteroatoms. The van der Waals surface area contributed by atoms with Crippen LogP contribution in [-0.4, -0.2) is 36.0 Å². The van der Waals surface area contributed by atoms with Crippen LogP contribution in [0.4, 0.5) is 9.52 Å². The van der Waals surface area contributed by atoms with E-state index in [2.05, 4.69) is 15.5 Å². The molecule has 1 aromatic heterocycles. The van der Waals surface area contributed by atoms with Crippen LogP contribution in [0.1, 0.15) is 18.2 Å². The highest BCUT2D eigenvalue weighted by Gasteiger charge is 2.10. The molecule has 0 unspecified atom stereocenters. The highest BCUT2D eigenvalue weighted by Crippen LogP contribution is 2.29. The molecule has 0 aliphatic heterocycles. The molecule has 0 amide bonds. The lowest BCUT2D eigenvalue weighted by Crippen LogP contribution is -2.07. The Morgan fingerprint density at radius 2 is 2.33 bits per heavy atom. The predicted octanol–water partition coefficient (Wildman–Crippen LogP) is 2.55. The molecule has 2 N–H and O–H groups in total. The van der Waals surface area contributed by atoms with Gasteiger partial charge in [-0.3, -0.25) is 10.2 Å². The van der Waals surface area contributed by atoms with E-state index in [0.717, 1.165) is 12.1 Å². The maximum Gasteiger partial charge on any atom is 0.311 e. The molecule has 128 valence electrons. The highest BCUT2D eigenvalue weighted by molar-refractivity contribution is 7.13. The minimum absolute atomic E-state index is 0.0161. The van der Waals surface area contributed by atoms with Crippen LogP contribution in [-0.2, 0) is 16.0 Å². The van der Waals surface area contributed by atoms with E-state index in [-0.39, 0.29) is 29.5 Å². The number of halogens is 1. The van der Waals surface area contributed by atoms with Gasteiger partial charge in [0.2, 0.25) is 5.13 Å². The number of carbonyl (C=O) groups excluding carboxylic acids is 1. The number of anilines is 1. The zero-order valence-corrected chi connectivity index (χ0v) is 13.9. The molecule has 0 aliphatic carbocycles. The molecule has 0 saturated carbocycles. The molecule has 24 heavy (non-hydrogen) atoms. The number of ether oxygens (including phenoxy) is 2. The summed E-state index contributed by atoms with van der Waals surface area (Å²) >= 11 is 1.25. The van der Waals surface area contributed by atoms with Crippen LogP contribution in [0.5, 0.6) is 11.5 Å². The average Bonchev–Trinajstić information content (AvgIpc) is 2.97. The number of esters is 1. The number of aromatic hydroxyl groups is 1. The fourth-order valence-electron chi connectivity index (χ4n) is 1.80. The molecule has 2 aromatic rings. The Morgan fingerprint density at radius 1 is 1.54 bits per heavy atom. The van der Waals surface area contributed by atoms with Crippen molar-refractivity contribution in [3.8, 4) is 11.5 Å². The number of rotatable bonds is 7. The Labute approximate surface area is 141 Å². The highest BCUT2D eigenvalue weighted by atomic mass is 32.1. The third kappa shape index (κ3) is 4.66. The van der Waals surface area contributed by atoms with Crippen molar-refractivity contribution in [2.45, 2.75) is 13.3 Å². The van der Waals surface area contributed by atoms with Crippen LogP contribution in [0, 0.1) is 5.82 Å². The van der Waals surface area contributed by atoms with Gasteiger partial charge in [-0.25, -0.2) is 9.37 Å². The number of phenols is 1. The number of phenolic OH excluding ortho intramolecular Hbond substituents is 1. The van der Waals surface area contributed by atoms with Crippen molar-refractivity contribution < 1.29 is 23.8 Å². The zero-order valence-electron chi connectivity index (χ0n) is 13.1. The van der Waals surface area contributed by atoms with Gasteiger partial charge < -0.3 is 14.6 Å². The zero-order chi connectivity index (χ0) is 17.5. The van der Waals surface area contributed by atoms with Crippen molar-refractivity contribution in [1.82, 2.24) is 4.98 Å². The van der Waals surface area contributed by atoms with Gasteiger partial charge in [0.25, 0.3) is 0 Å². The number of thiazole rings is 1. The maximum absolute atomic E-state index is 13.4. The number of carbonyl (C=O) groups is 1. The van der Waals surface area contributed by atoms with Gasteiger partial charge in [0.1, 0.15) is 5.82 Å². The van der Waals surface area contributed by atoms with Gasteiger partial charge in [-0.15, -0.1) is 11.3 Å². The summed E-state index contributed by atoms with van der Waals surface area (Å²) < 4.78 is 23.1. The van der Waals surface area contributed by atoms with Crippen LogP contribution >= 0.6 is 11.3 Å². The Bertz CT molecular complexity index is 748. The van der Waals surface area contributed by atoms with Crippen molar-refractivity contribution in [2.75, 3.05) is 19.1 Å². The molecule has 0 saturated heterocycles. The summed E-state index contributed by atoms with van der Waals surface area (Å²) in [6.07, 6.45) is 1.32. The van der Waals surface area contributed by atoms with Gasteiger partial charge in [0, 0.05) is 17.0 Å². The number of benzene rings is 1. The first-order valence-corrected chi connectivity index (χ1v) is 7.87. The summed E-state index contributed by atoms with van der Waals surface area (Å²) in [7, 11) is 1.33. The number of hydrazone groups is 1. The summed E-state index contributed by atoms with van der Waals surface area (Å²) in [5.41, 5.74) is 3.37. The van der Waals surface area contributed by atoms with E-state index >= 15 is 0 Å². The Hall–Kier alpha value is -2.68. The number of nitrogens with one attached hydrogen (secondary N) is 1. The lowest BCUT2D eigenvalue weighted by atomic mass is 10.2. The molecule has 7 nitrogen and oxygen atoms in total. The quantitative estimate of drug-likeness (QED) is 0.451. The van der Waals surface area contributed by atoms with Crippen molar-refractivity contribution in [3.63, 3.8) is 0 Å². The SMILES string of the molecule is CCOC(=O)Cc1csc(NN=Cc2cc(F)cc(OC)c2O)n1. The standard InChI is InChI=1S/C15H16FN3O4S/c1-3-23-13(20)6-11-8-24-15(18-11)19-17-7-9-4-10(16)5-12(22-2)14(9)21/h4-5,7-8,21H,3,6H2,1-2H3,(H,18,19). The van der Waals surface area contributed by atoms with E-state index in [1.807, 2.05) is 0 Å². The van der Waals surface area contributed by atoms with Gasteiger partial charge in [0.15, 0.2) is 11.5 Å². The number of aromatic nitrogens is 1. The number of hydrogen-bond donors (Lipinski definition) is 2. The van der Waals surface area contributed by atoms with Crippen LogP contribution in [0.2, 0.25) is 0 Å². The van der Waals surface area contributed by atoms with Crippen molar-refractivity contribution >= 4 is 28.7 Å². The van der Waals surface area contributed by atoms with Crippen molar-refractivity contribution in [3.05, 3.63) is 34.6 Å². The van der Waals surface area contributed by atoms with Crippen molar-refractivity contribution in [1.29, 1.82) is 0 Å². The average molecular weight is 353 g/mol. The minimum atomic E-state index is -0.558. The molecule has 0 fully saturated rings. The first-order valence-electron chi connectivity index (χ1n) is 6.99. The topological polar surface area (TPSA) is 93.0 Å². The van der Waals surface area contributed by atoms with E-state index < -0.39 is 5.82 Å². The first-order chi connectivity index (χ1) is 11.5. The normalized spacial score (nSPS) is 10.8. The lowest BCUT2D eigenvalue weighted by molar-refractivity contribution is -0.142. The molecular weight excluding hydrogens is 337 g/mol. The largest absolute Gasteiger partial charge is 0.504 e. The maximum atomic E-state index is 13.4. The van der Waals surface area contributed by atoms with E-state index in [1.165, 1.54) is 24.7 Å². The summed E-state index contributed by atoms with van der Waals surface area (Å²) in [5.74, 6) is -1.11. The van der Waals surface area contributed by atoms with Crippen LogP contribution in [0.15, 0.2) is 22.6 Å². The van der Waals surface area contributed by atoms with Gasteiger partial charge in [0.05, 0.1) is 32.0 Å². The molecule has 0 aliphatic rings. The molecule has 1 heterocycles. The lowest BCUT2D eigenvalue weighted by Gasteiger charge is -2.05. The third-order valence-corrected chi connectivity index (χ3v) is 3.63. The predicted molar refractivity (Wildman–Crippen MR) is 88.3 cm³/mol. The number of hydrogen-bond acceptors (Lipinski definition) is 8. The van der Waals surface area contributed by atoms with Gasteiger partial charge in [-0.2, -0.15) is 5.10 Å². The van der Waals surface area contributed by atoms with E-state index in [9.17, 15) is 14.3 Å². The molecule has 0 bridgehead atoms. The van der Waals surface area contributed by atoms with E-state index in [4.69, 9.17) is 9.47 Å². The van der Waals surface area contributed by atoms with E-state index in [1.54, 1.807) is 12.3 Å². The van der Waals surface area contributed by atoms with E-state index in [0.29, 0.717) is 17.4 Å². The molecular formula is C15H16FN3O4S. The van der Waals surface area contributed by atoms with Crippen LogP contribution in [0.3, 0.4) is 0 Å². The van der Waals surface area contributed by atoms with Gasteiger partial charge in [-0.05, 0) is 13.0 Å². The van der Waals surface area contributed by atoms with Crippen LogP contribution in [0.25, 0.3) is 0 Å². The summed E-state index contributed by atoms with van der Waals surface area (Å²) in [6.45, 7) is 2.05. The fraction of sp³-hybridized carbons (Fsp3) is 0.267. The summed E-state index contributed by atoms with van der Waals surface area (Å²) in [5, 5.41) is 15.9. The Balaban J connectivity index is 2.01. The number of methoxy groups -OCH3 is 1. The molecule has 2 rings (SSSR count). The van der Waals surface area contributed by atoms with Gasteiger partial charge in [-0.1, -0.05) is 0 Å². The second-order valence-electron chi connectivity index (χ2n) is 4.54. The fourth-order valence-corrected chi connectivity index (χ4v) is 2.46. The molecule has 0 spiro atoms. The third-order valence-electron chi connectivity index (χ3n) is 2.84. The molecule has 1 aromatic carbocycles. The summed E-state index contributed by atoms with van der Waals surface area (Å²) in [4.78, 5) is 15.5. The molecule has 0 radical (unpaired) electrons. The Kier molecular flexibility index (Phi) is 6.07. The Morgan fingerprint density at radius 3 is 3.04 bits per heavy atom. The second kappa shape index (κ2) is 8.25. The van der Waals surface area contributed by atoms with Crippen molar-refractivity contribution in [2.24, 2.45) is 5.10 Å². The second-order valence-corrected chi connectivity index (χ2v) is 5.40. The van der Waals surface area contributed by atoms with Gasteiger partial charge >= 0.3 is 5.97 Å². The minimum Gasteiger partial charge on any atom is -0.504 e. The molecule has 0 atom stereocenters. The smallest absolute Gasteiger partial charge is 0.311 e. The monoisotopic (exact) mass is 353 g/mol. The number of nitrogens with zero attached hydrogens (tertiary/aromatic N) is 2. The summed E-state index contributed by atoms with van der Waals surface area (Å²) in [6, 6.07) is 2.19. The first kappa shape index (κ1) is 17.7. The van der Waals surface area contributed by atoms with Crippen LogP contribution < -0.4 is 10.2 Å².